The van der Waals surface area contributed by atoms with Crippen molar-refractivity contribution in [3.05, 3.63) is 18.2 Å². The summed E-state index contributed by atoms with van der Waals surface area (Å²) in [5.41, 5.74) is -0.0630. The third-order valence-electron chi connectivity index (χ3n) is 2.96. The summed E-state index contributed by atoms with van der Waals surface area (Å²) in [6.07, 6.45) is 4.49. The Morgan fingerprint density at radius 3 is 2.88 bits per heavy atom. The highest BCUT2D eigenvalue weighted by molar-refractivity contribution is 5.24. The van der Waals surface area contributed by atoms with Crippen molar-refractivity contribution in [2.45, 2.75) is 18.4 Å². The lowest BCUT2D eigenvalue weighted by Crippen LogP contribution is -2.49. The van der Waals surface area contributed by atoms with Crippen LogP contribution in [0.5, 0.6) is 0 Å². The Morgan fingerprint density at radius 2 is 2.29 bits per heavy atom. The van der Waals surface area contributed by atoms with Crippen LogP contribution in [-0.4, -0.2) is 42.3 Å². The molecule has 94 valence electrons. The van der Waals surface area contributed by atoms with Crippen LogP contribution < -0.4 is 10.6 Å². The standard InChI is InChI=1S/C11H17FN4O/c1-17-8-11(3-2-4-16-11)7-15-10-13-5-9(12)6-14-10/h5-6,16H,2-4,7-8H2,1H3,(H,13,14,15). The first-order chi connectivity index (χ1) is 8.24. The van der Waals surface area contributed by atoms with Crippen LogP contribution in [0.15, 0.2) is 12.4 Å². The number of ether oxygens (including phenoxy) is 1. The molecular formula is C11H17FN4O. The Bertz CT molecular complexity index is 351. The van der Waals surface area contributed by atoms with Gasteiger partial charge in [0.05, 0.1) is 24.5 Å². The zero-order chi connectivity index (χ0) is 12.1. The van der Waals surface area contributed by atoms with Crippen molar-refractivity contribution in [1.29, 1.82) is 0 Å². The van der Waals surface area contributed by atoms with Crippen molar-refractivity contribution < 1.29 is 9.13 Å². The first kappa shape index (κ1) is 12.2. The van der Waals surface area contributed by atoms with Gasteiger partial charge in [0, 0.05) is 13.7 Å². The van der Waals surface area contributed by atoms with Gasteiger partial charge in [-0.2, -0.15) is 0 Å². The van der Waals surface area contributed by atoms with Gasteiger partial charge < -0.3 is 15.4 Å². The van der Waals surface area contributed by atoms with E-state index in [-0.39, 0.29) is 5.54 Å². The fraction of sp³-hybridized carbons (Fsp3) is 0.636. The highest BCUT2D eigenvalue weighted by Crippen LogP contribution is 2.19. The molecule has 2 rings (SSSR count). The molecule has 1 unspecified atom stereocenters. The maximum absolute atomic E-state index is 12.6. The van der Waals surface area contributed by atoms with Gasteiger partial charge in [0.15, 0.2) is 5.82 Å². The van der Waals surface area contributed by atoms with Crippen molar-refractivity contribution >= 4 is 5.95 Å². The maximum atomic E-state index is 12.6. The first-order valence-electron chi connectivity index (χ1n) is 5.69. The van der Waals surface area contributed by atoms with E-state index in [9.17, 15) is 4.39 Å². The molecule has 1 aliphatic rings. The van der Waals surface area contributed by atoms with E-state index >= 15 is 0 Å². The predicted octanol–water partition coefficient (Wildman–Crippen LogP) is 0.796. The summed E-state index contributed by atoms with van der Waals surface area (Å²) < 4.78 is 17.9. The van der Waals surface area contributed by atoms with Gasteiger partial charge >= 0.3 is 0 Å². The molecule has 0 aromatic carbocycles. The molecule has 0 bridgehead atoms. The molecule has 1 saturated heterocycles. The number of hydrogen-bond donors (Lipinski definition) is 2. The lowest BCUT2D eigenvalue weighted by Gasteiger charge is -2.28. The van der Waals surface area contributed by atoms with Crippen LogP contribution in [-0.2, 0) is 4.74 Å². The van der Waals surface area contributed by atoms with Gasteiger partial charge in [-0.15, -0.1) is 0 Å². The molecule has 0 amide bonds. The molecular weight excluding hydrogens is 223 g/mol. The number of anilines is 1. The molecule has 0 saturated carbocycles. The minimum Gasteiger partial charge on any atom is -0.383 e. The topological polar surface area (TPSA) is 59.1 Å². The normalized spacial score (nSPS) is 23.9. The largest absolute Gasteiger partial charge is 0.383 e. The summed E-state index contributed by atoms with van der Waals surface area (Å²) in [5, 5.41) is 6.54. The second-order valence-electron chi connectivity index (χ2n) is 4.32. The van der Waals surface area contributed by atoms with Crippen molar-refractivity contribution in [2.24, 2.45) is 0 Å². The number of hydrogen-bond acceptors (Lipinski definition) is 5. The van der Waals surface area contributed by atoms with E-state index in [0.29, 0.717) is 19.1 Å². The molecule has 1 aliphatic heterocycles. The van der Waals surface area contributed by atoms with Crippen molar-refractivity contribution in [3.8, 4) is 0 Å². The molecule has 5 nitrogen and oxygen atoms in total. The van der Waals surface area contributed by atoms with Crippen LogP contribution in [0.4, 0.5) is 10.3 Å². The molecule has 0 radical (unpaired) electrons. The molecule has 2 heterocycles. The lowest BCUT2D eigenvalue weighted by atomic mass is 9.99. The van der Waals surface area contributed by atoms with E-state index in [1.165, 1.54) is 0 Å². The fourth-order valence-corrected chi connectivity index (χ4v) is 2.12. The number of aromatic nitrogens is 2. The highest BCUT2D eigenvalue weighted by Gasteiger charge is 2.33. The van der Waals surface area contributed by atoms with Crippen molar-refractivity contribution in [3.63, 3.8) is 0 Å². The molecule has 17 heavy (non-hydrogen) atoms. The number of methoxy groups -OCH3 is 1. The van der Waals surface area contributed by atoms with Gasteiger partial charge in [-0.3, -0.25) is 0 Å². The van der Waals surface area contributed by atoms with Crippen molar-refractivity contribution in [2.75, 3.05) is 32.1 Å². The van der Waals surface area contributed by atoms with Crippen LogP contribution in [0.2, 0.25) is 0 Å². The molecule has 1 aromatic rings. The Labute approximate surface area is 99.8 Å². The molecule has 0 aliphatic carbocycles. The minimum atomic E-state index is -0.429. The van der Waals surface area contributed by atoms with E-state index in [1.807, 2.05) is 0 Å². The van der Waals surface area contributed by atoms with Gasteiger partial charge in [-0.1, -0.05) is 0 Å². The molecule has 1 aromatic heterocycles. The van der Waals surface area contributed by atoms with E-state index in [4.69, 9.17) is 4.74 Å². The summed E-state index contributed by atoms with van der Waals surface area (Å²) >= 11 is 0. The van der Waals surface area contributed by atoms with Gasteiger partial charge in [0.2, 0.25) is 5.95 Å². The first-order valence-corrected chi connectivity index (χ1v) is 5.69. The summed E-state index contributed by atoms with van der Waals surface area (Å²) in [4.78, 5) is 7.73. The summed E-state index contributed by atoms with van der Waals surface area (Å²) in [7, 11) is 1.69. The van der Waals surface area contributed by atoms with Gasteiger partial charge in [0.25, 0.3) is 0 Å². The Morgan fingerprint density at radius 1 is 1.53 bits per heavy atom. The quantitative estimate of drug-likeness (QED) is 0.797. The zero-order valence-electron chi connectivity index (χ0n) is 9.87. The van der Waals surface area contributed by atoms with Crippen LogP contribution >= 0.6 is 0 Å². The second kappa shape index (κ2) is 5.37. The number of rotatable bonds is 5. The Hall–Kier alpha value is -1.27. The number of halogens is 1. The monoisotopic (exact) mass is 240 g/mol. The van der Waals surface area contributed by atoms with Crippen LogP contribution in [0.1, 0.15) is 12.8 Å². The highest BCUT2D eigenvalue weighted by atomic mass is 19.1. The van der Waals surface area contributed by atoms with Crippen molar-refractivity contribution in [1.82, 2.24) is 15.3 Å². The maximum Gasteiger partial charge on any atom is 0.222 e. The predicted molar refractivity (Wildman–Crippen MR) is 62.3 cm³/mol. The molecule has 1 atom stereocenters. The summed E-state index contributed by atoms with van der Waals surface area (Å²) in [5.74, 6) is 0.0109. The third kappa shape index (κ3) is 3.10. The summed E-state index contributed by atoms with van der Waals surface area (Å²) in [6.45, 7) is 2.31. The minimum absolute atomic E-state index is 0.0630. The van der Waals surface area contributed by atoms with Crippen LogP contribution in [0, 0.1) is 5.82 Å². The van der Waals surface area contributed by atoms with Gasteiger partial charge in [0.1, 0.15) is 0 Å². The molecule has 1 fully saturated rings. The fourth-order valence-electron chi connectivity index (χ4n) is 2.12. The SMILES string of the molecule is COCC1(CNc2ncc(F)cn2)CCCN1. The van der Waals surface area contributed by atoms with E-state index in [2.05, 4.69) is 20.6 Å². The second-order valence-corrected chi connectivity index (χ2v) is 4.32. The smallest absolute Gasteiger partial charge is 0.222 e. The molecule has 0 spiro atoms. The molecule has 6 heteroatoms. The van der Waals surface area contributed by atoms with E-state index in [1.54, 1.807) is 7.11 Å². The Kier molecular flexibility index (Phi) is 3.86. The van der Waals surface area contributed by atoms with E-state index < -0.39 is 5.82 Å². The lowest BCUT2D eigenvalue weighted by molar-refractivity contribution is 0.127. The summed E-state index contributed by atoms with van der Waals surface area (Å²) in [6, 6.07) is 0. The van der Waals surface area contributed by atoms with Gasteiger partial charge in [-0.05, 0) is 19.4 Å². The average Bonchev–Trinajstić information content (AvgIpc) is 2.78. The average molecular weight is 240 g/mol. The zero-order valence-corrected chi connectivity index (χ0v) is 9.87. The van der Waals surface area contributed by atoms with Crippen LogP contribution in [0.25, 0.3) is 0 Å². The number of nitrogens with zero attached hydrogens (tertiary/aromatic N) is 2. The third-order valence-corrected chi connectivity index (χ3v) is 2.96. The molecule has 2 N–H and O–H groups in total. The van der Waals surface area contributed by atoms with Gasteiger partial charge in [-0.25, -0.2) is 14.4 Å². The Balaban J connectivity index is 1.93. The van der Waals surface area contributed by atoms with Crippen LogP contribution in [0.3, 0.4) is 0 Å². The number of nitrogens with one attached hydrogen (secondary N) is 2. The van der Waals surface area contributed by atoms with E-state index in [0.717, 1.165) is 31.8 Å².